The number of benzene rings is 2. The summed E-state index contributed by atoms with van der Waals surface area (Å²) in [6.07, 6.45) is 0. The lowest BCUT2D eigenvalue weighted by molar-refractivity contribution is -0.154. The van der Waals surface area contributed by atoms with Crippen LogP contribution >= 0.6 is 0 Å². The summed E-state index contributed by atoms with van der Waals surface area (Å²) < 4.78 is 32.5. The zero-order chi connectivity index (χ0) is 21.4. The van der Waals surface area contributed by atoms with Gasteiger partial charge in [-0.05, 0) is 23.6 Å². The molecule has 0 fully saturated rings. The summed E-state index contributed by atoms with van der Waals surface area (Å²) >= 11 is 0. The second kappa shape index (κ2) is 10.2. The van der Waals surface area contributed by atoms with Crippen LogP contribution in [0.25, 0.3) is 0 Å². The lowest BCUT2D eigenvalue weighted by Gasteiger charge is -2.22. The first-order valence-electron chi connectivity index (χ1n) is 9.22. The Morgan fingerprint density at radius 1 is 1.00 bits per heavy atom. The van der Waals surface area contributed by atoms with Gasteiger partial charge in [0.2, 0.25) is 10.0 Å². The van der Waals surface area contributed by atoms with Gasteiger partial charge < -0.3 is 9.64 Å². The molecule has 7 nitrogen and oxygen atoms in total. The number of nitrogens with one attached hydrogen (secondary N) is 1. The van der Waals surface area contributed by atoms with Crippen molar-refractivity contribution in [2.75, 3.05) is 13.7 Å². The zero-order valence-electron chi connectivity index (χ0n) is 16.7. The van der Waals surface area contributed by atoms with Gasteiger partial charge in [0.1, 0.15) is 6.04 Å². The number of ether oxygens (including phenoxy) is 1. The third-order valence-corrected chi connectivity index (χ3v) is 5.74. The van der Waals surface area contributed by atoms with Crippen molar-refractivity contribution < 1.29 is 22.7 Å². The number of esters is 1. The van der Waals surface area contributed by atoms with Crippen LogP contribution in [-0.4, -0.2) is 44.9 Å². The maximum absolute atomic E-state index is 12.5. The molecule has 1 amide bonds. The fourth-order valence-electron chi connectivity index (χ4n) is 2.57. The van der Waals surface area contributed by atoms with Crippen LogP contribution < -0.4 is 4.72 Å². The molecule has 0 aliphatic rings. The van der Waals surface area contributed by atoms with E-state index in [4.69, 9.17) is 4.74 Å². The molecule has 0 saturated carbocycles. The van der Waals surface area contributed by atoms with Crippen molar-refractivity contribution in [3.8, 4) is 0 Å². The van der Waals surface area contributed by atoms with E-state index in [-0.39, 0.29) is 16.7 Å². The number of hydrogen-bond donors (Lipinski definition) is 1. The van der Waals surface area contributed by atoms with Crippen molar-refractivity contribution in [3.63, 3.8) is 0 Å². The van der Waals surface area contributed by atoms with Crippen LogP contribution in [0.2, 0.25) is 0 Å². The summed E-state index contributed by atoms with van der Waals surface area (Å²) in [5.74, 6) is -1.53. The van der Waals surface area contributed by atoms with Crippen molar-refractivity contribution in [1.29, 1.82) is 0 Å². The van der Waals surface area contributed by atoms with E-state index in [2.05, 4.69) is 4.72 Å². The second-order valence-corrected chi connectivity index (χ2v) is 8.71. The van der Waals surface area contributed by atoms with Crippen molar-refractivity contribution in [2.24, 2.45) is 5.92 Å². The predicted molar refractivity (Wildman–Crippen MR) is 109 cm³/mol. The van der Waals surface area contributed by atoms with Crippen LogP contribution in [0.1, 0.15) is 19.4 Å². The summed E-state index contributed by atoms with van der Waals surface area (Å²) in [6.45, 7) is 3.31. The van der Waals surface area contributed by atoms with Crippen LogP contribution in [0.5, 0.6) is 0 Å². The van der Waals surface area contributed by atoms with E-state index >= 15 is 0 Å². The number of carbonyl (C=O) groups is 2. The Balaban J connectivity index is 1.96. The number of sulfonamides is 1. The van der Waals surface area contributed by atoms with Gasteiger partial charge >= 0.3 is 5.97 Å². The maximum Gasteiger partial charge on any atom is 0.324 e. The van der Waals surface area contributed by atoms with E-state index in [1.807, 2.05) is 30.3 Å². The third-order valence-electron chi connectivity index (χ3n) is 4.28. The highest BCUT2D eigenvalue weighted by Gasteiger charge is 2.30. The van der Waals surface area contributed by atoms with Crippen LogP contribution in [0.4, 0.5) is 0 Å². The molecular weight excluding hydrogens is 392 g/mol. The van der Waals surface area contributed by atoms with E-state index in [0.717, 1.165) is 5.56 Å². The maximum atomic E-state index is 12.5. The predicted octanol–water partition coefficient (Wildman–Crippen LogP) is 2.19. The van der Waals surface area contributed by atoms with E-state index in [0.29, 0.717) is 6.54 Å². The van der Waals surface area contributed by atoms with Gasteiger partial charge in [-0.3, -0.25) is 9.59 Å². The van der Waals surface area contributed by atoms with Gasteiger partial charge in [-0.25, -0.2) is 8.42 Å². The molecule has 0 aromatic heterocycles. The Labute approximate surface area is 171 Å². The van der Waals surface area contributed by atoms with Crippen LogP contribution in [0.3, 0.4) is 0 Å². The molecule has 0 aliphatic heterocycles. The second-order valence-electron chi connectivity index (χ2n) is 7.00. The molecule has 2 aromatic rings. The van der Waals surface area contributed by atoms with E-state index in [1.54, 1.807) is 39.1 Å². The number of amides is 1. The molecule has 1 N–H and O–H groups in total. The van der Waals surface area contributed by atoms with E-state index in [1.165, 1.54) is 17.0 Å². The molecule has 2 aromatic carbocycles. The molecule has 0 spiro atoms. The number of rotatable bonds is 9. The Bertz CT molecular complexity index is 915. The number of hydrogen-bond acceptors (Lipinski definition) is 5. The topological polar surface area (TPSA) is 92.8 Å². The fourth-order valence-corrected chi connectivity index (χ4v) is 3.92. The summed E-state index contributed by atoms with van der Waals surface area (Å²) in [5.41, 5.74) is 0.949. The Morgan fingerprint density at radius 3 is 2.10 bits per heavy atom. The Morgan fingerprint density at radius 2 is 1.55 bits per heavy atom. The van der Waals surface area contributed by atoms with Crippen LogP contribution in [-0.2, 0) is 30.9 Å². The molecule has 0 heterocycles. The SMILES string of the molecule is CC(C)[C@H](NS(=O)(=O)c1ccccc1)C(=O)OCC(=O)N(C)Cc1ccccc1. The first-order chi connectivity index (χ1) is 13.7. The summed E-state index contributed by atoms with van der Waals surface area (Å²) in [7, 11) is -2.28. The number of likely N-dealkylation sites (N-methyl/N-ethyl adjacent to an activating group) is 1. The first kappa shape index (κ1) is 22.6. The zero-order valence-corrected chi connectivity index (χ0v) is 17.6. The van der Waals surface area contributed by atoms with Gasteiger partial charge in [-0.2, -0.15) is 4.72 Å². The smallest absolute Gasteiger partial charge is 0.324 e. The summed E-state index contributed by atoms with van der Waals surface area (Å²) in [6, 6.07) is 16.1. The normalized spacial score (nSPS) is 12.4. The highest BCUT2D eigenvalue weighted by molar-refractivity contribution is 7.89. The molecule has 2 rings (SSSR count). The third kappa shape index (κ3) is 6.69. The monoisotopic (exact) mass is 418 g/mol. The molecule has 0 bridgehead atoms. The number of nitrogens with zero attached hydrogens (tertiary/aromatic N) is 1. The quantitative estimate of drug-likeness (QED) is 0.630. The highest BCUT2D eigenvalue weighted by Crippen LogP contribution is 2.12. The number of carbonyl (C=O) groups excluding carboxylic acids is 2. The van der Waals surface area contributed by atoms with Gasteiger partial charge in [0.05, 0.1) is 4.90 Å². The average Bonchev–Trinajstić information content (AvgIpc) is 2.71. The Kier molecular flexibility index (Phi) is 7.92. The standard InChI is InChI=1S/C21H26N2O5S/c1-16(2)20(22-29(26,27)18-12-8-5-9-13-18)21(25)28-15-19(24)23(3)14-17-10-6-4-7-11-17/h4-13,16,20,22H,14-15H2,1-3H3/t20-/m0/s1. The highest BCUT2D eigenvalue weighted by atomic mass is 32.2. The minimum absolute atomic E-state index is 0.0529. The molecular formula is C21H26N2O5S. The Hall–Kier alpha value is -2.71. The van der Waals surface area contributed by atoms with E-state index in [9.17, 15) is 18.0 Å². The lowest BCUT2D eigenvalue weighted by Crippen LogP contribution is -2.46. The summed E-state index contributed by atoms with van der Waals surface area (Å²) in [5, 5.41) is 0. The average molecular weight is 419 g/mol. The van der Waals surface area contributed by atoms with Crippen LogP contribution in [0.15, 0.2) is 65.6 Å². The minimum Gasteiger partial charge on any atom is -0.454 e. The van der Waals surface area contributed by atoms with E-state index < -0.39 is 28.6 Å². The molecule has 0 radical (unpaired) electrons. The largest absolute Gasteiger partial charge is 0.454 e. The molecule has 8 heteroatoms. The molecule has 0 saturated heterocycles. The lowest BCUT2D eigenvalue weighted by atomic mass is 10.1. The van der Waals surface area contributed by atoms with Crippen molar-refractivity contribution in [1.82, 2.24) is 9.62 Å². The molecule has 0 unspecified atom stereocenters. The van der Waals surface area contributed by atoms with Crippen molar-refractivity contribution in [3.05, 3.63) is 66.2 Å². The van der Waals surface area contributed by atoms with Gasteiger partial charge in [-0.15, -0.1) is 0 Å². The molecule has 1 atom stereocenters. The van der Waals surface area contributed by atoms with Gasteiger partial charge in [0.25, 0.3) is 5.91 Å². The van der Waals surface area contributed by atoms with Gasteiger partial charge in [0, 0.05) is 13.6 Å². The fraction of sp³-hybridized carbons (Fsp3) is 0.333. The minimum atomic E-state index is -3.89. The van der Waals surface area contributed by atoms with Crippen LogP contribution in [0, 0.1) is 5.92 Å². The first-order valence-corrected chi connectivity index (χ1v) is 10.7. The van der Waals surface area contributed by atoms with Crippen molar-refractivity contribution >= 4 is 21.9 Å². The van der Waals surface area contributed by atoms with Crippen molar-refractivity contribution in [2.45, 2.75) is 31.3 Å². The molecule has 29 heavy (non-hydrogen) atoms. The molecule has 156 valence electrons. The molecule has 0 aliphatic carbocycles. The van der Waals surface area contributed by atoms with Gasteiger partial charge in [0.15, 0.2) is 6.61 Å². The van der Waals surface area contributed by atoms with Gasteiger partial charge in [-0.1, -0.05) is 62.4 Å². The summed E-state index contributed by atoms with van der Waals surface area (Å²) in [4.78, 5) is 26.2.